The van der Waals surface area contributed by atoms with Gasteiger partial charge in [-0.15, -0.1) is 6.58 Å². The fraction of sp³-hybridized carbons (Fsp3) is 0.438. The van der Waals surface area contributed by atoms with Gasteiger partial charge in [0.2, 0.25) is 0 Å². The number of allylic oxidation sites excluding steroid dienone is 1. The Labute approximate surface area is 104 Å². The molecule has 1 aliphatic carbocycles. The van der Waals surface area contributed by atoms with E-state index in [1.807, 2.05) is 24.3 Å². The minimum absolute atomic E-state index is 0.190. The number of hydrogen-bond acceptors (Lipinski definition) is 1. The maximum Gasteiger partial charge on any atom is 0.143 e. The predicted octanol–water partition coefficient (Wildman–Crippen LogP) is 4.03. The highest BCUT2D eigenvalue weighted by Crippen LogP contribution is 2.42. The highest BCUT2D eigenvalue weighted by molar-refractivity contribution is 5.90. The van der Waals surface area contributed by atoms with Gasteiger partial charge in [0.25, 0.3) is 0 Å². The lowest BCUT2D eigenvalue weighted by Crippen LogP contribution is -2.32. The largest absolute Gasteiger partial charge is 0.299 e. The van der Waals surface area contributed by atoms with E-state index in [1.54, 1.807) is 0 Å². The quantitative estimate of drug-likeness (QED) is 0.695. The molecule has 2 rings (SSSR count). The maximum absolute atomic E-state index is 12.5. The SMILES string of the molecule is C=CCCC(=O)C1(c2ccccc2)CCCC1. The monoisotopic (exact) mass is 228 g/mol. The van der Waals surface area contributed by atoms with Crippen LogP contribution in [-0.2, 0) is 10.2 Å². The number of Topliss-reactive ketones (excluding diaryl/α,β-unsaturated/α-hetero) is 1. The molecule has 0 aliphatic heterocycles. The van der Waals surface area contributed by atoms with Crippen LogP contribution < -0.4 is 0 Å². The molecule has 0 aromatic heterocycles. The van der Waals surface area contributed by atoms with Gasteiger partial charge in [-0.05, 0) is 24.8 Å². The Morgan fingerprint density at radius 1 is 1.24 bits per heavy atom. The van der Waals surface area contributed by atoms with Crippen molar-refractivity contribution in [1.82, 2.24) is 0 Å². The van der Waals surface area contributed by atoms with Gasteiger partial charge in [-0.1, -0.05) is 49.2 Å². The lowest BCUT2D eigenvalue weighted by Gasteiger charge is -2.28. The van der Waals surface area contributed by atoms with Crippen LogP contribution in [-0.4, -0.2) is 5.78 Å². The fourth-order valence-corrected chi connectivity index (χ4v) is 2.94. The maximum atomic E-state index is 12.5. The van der Waals surface area contributed by atoms with Crippen molar-refractivity contribution in [3.63, 3.8) is 0 Å². The zero-order chi connectivity index (χ0) is 12.1. The molecular weight excluding hydrogens is 208 g/mol. The van der Waals surface area contributed by atoms with Crippen LogP contribution >= 0.6 is 0 Å². The second-order valence-corrected chi connectivity index (χ2v) is 4.91. The summed E-state index contributed by atoms with van der Waals surface area (Å²) in [5.41, 5.74) is 1.02. The summed E-state index contributed by atoms with van der Waals surface area (Å²) in [5, 5.41) is 0. The van der Waals surface area contributed by atoms with E-state index in [9.17, 15) is 4.79 Å². The Morgan fingerprint density at radius 3 is 2.47 bits per heavy atom. The van der Waals surface area contributed by atoms with Gasteiger partial charge in [-0.3, -0.25) is 4.79 Å². The van der Waals surface area contributed by atoms with Gasteiger partial charge < -0.3 is 0 Å². The van der Waals surface area contributed by atoms with Gasteiger partial charge >= 0.3 is 0 Å². The molecule has 0 radical (unpaired) electrons. The number of rotatable bonds is 5. The van der Waals surface area contributed by atoms with E-state index in [-0.39, 0.29) is 5.41 Å². The third-order valence-electron chi connectivity index (χ3n) is 3.89. The van der Waals surface area contributed by atoms with E-state index < -0.39 is 0 Å². The van der Waals surface area contributed by atoms with Crippen molar-refractivity contribution in [2.75, 3.05) is 0 Å². The van der Waals surface area contributed by atoms with Gasteiger partial charge in [0.1, 0.15) is 5.78 Å². The Balaban J connectivity index is 2.27. The molecule has 1 aromatic rings. The average Bonchev–Trinajstić information content (AvgIpc) is 2.87. The topological polar surface area (TPSA) is 17.1 Å². The Kier molecular flexibility index (Phi) is 3.78. The number of carbonyl (C=O) groups excluding carboxylic acids is 1. The molecule has 0 N–H and O–H groups in total. The first-order valence-electron chi connectivity index (χ1n) is 6.49. The van der Waals surface area contributed by atoms with Crippen LogP contribution in [0, 0.1) is 0 Å². The smallest absolute Gasteiger partial charge is 0.143 e. The third kappa shape index (κ3) is 2.33. The summed E-state index contributed by atoms with van der Waals surface area (Å²) < 4.78 is 0. The second-order valence-electron chi connectivity index (χ2n) is 4.91. The van der Waals surface area contributed by atoms with Crippen molar-refractivity contribution in [3.8, 4) is 0 Å². The summed E-state index contributed by atoms with van der Waals surface area (Å²) >= 11 is 0. The molecule has 1 aliphatic rings. The van der Waals surface area contributed by atoms with E-state index in [4.69, 9.17) is 0 Å². The molecule has 0 heterocycles. The Bertz CT molecular complexity index is 385. The summed E-state index contributed by atoms with van der Waals surface area (Å²) in [6.07, 6.45) is 7.67. The van der Waals surface area contributed by atoms with Crippen LogP contribution in [0.1, 0.15) is 44.1 Å². The van der Waals surface area contributed by atoms with Crippen LogP contribution in [0.2, 0.25) is 0 Å². The van der Waals surface area contributed by atoms with Crippen LogP contribution in [0.5, 0.6) is 0 Å². The first-order valence-corrected chi connectivity index (χ1v) is 6.49. The van der Waals surface area contributed by atoms with E-state index in [2.05, 4.69) is 18.7 Å². The molecule has 1 aromatic carbocycles. The van der Waals surface area contributed by atoms with Gasteiger partial charge in [-0.2, -0.15) is 0 Å². The summed E-state index contributed by atoms with van der Waals surface area (Å²) in [4.78, 5) is 12.5. The Hall–Kier alpha value is -1.37. The minimum atomic E-state index is -0.190. The fourth-order valence-electron chi connectivity index (χ4n) is 2.94. The van der Waals surface area contributed by atoms with E-state index in [0.717, 1.165) is 19.3 Å². The molecule has 1 nitrogen and oxygen atoms in total. The van der Waals surface area contributed by atoms with Crippen LogP contribution in [0.15, 0.2) is 43.0 Å². The van der Waals surface area contributed by atoms with Gasteiger partial charge in [0.05, 0.1) is 5.41 Å². The summed E-state index contributed by atoms with van der Waals surface area (Å²) in [6.45, 7) is 3.70. The zero-order valence-corrected chi connectivity index (χ0v) is 10.3. The molecule has 0 unspecified atom stereocenters. The van der Waals surface area contributed by atoms with Gasteiger partial charge in [-0.25, -0.2) is 0 Å². The number of hydrogen-bond donors (Lipinski definition) is 0. The average molecular weight is 228 g/mol. The van der Waals surface area contributed by atoms with E-state index >= 15 is 0 Å². The van der Waals surface area contributed by atoms with E-state index in [0.29, 0.717) is 12.2 Å². The van der Waals surface area contributed by atoms with Crippen molar-refractivity contribution in [2.24, 2.45) is 0 Å². The first-order chi connectivity index (χ1) is 8.29. The highest BCUT2D eigenvalue weighted by Gasteiger charge is 2.41. The number of ketones is 1. The number of carbonyl (C=O) groups is 1. The normalized spacial score (nSPS) is 17.9. The molecule has 0 atom stereocenters. The van der Waals surface area contributed by atoms with Crippen molar-refractivity contribution in [1.29, 1.82) is 0 Å². The van der Waals surface area contributed by atoms with Crippen molar-refractivity contribution < 1.29 is 4.79 Å². The van der Waals surface area contributed by atoms with Gasteiger partial charge in [0.15, 0.2) is 0 Å². The lowest BCUT2D eigenvalue weighted by molar-refractivity contribution is -0.124. The summed E-state index contributed by atoms with van der Waals surface area (Å²) in [7, 11) is 0. The molecule has 17 heavy (non-hydrogen) atoms. The molecule has 0 amide bonds. The van der Waals surface area contributed by atoms with Crippen LogP contribution in [0.25, 0.3) is 0 Å². The van der Waals surface area contributed by atoms with Crippen LogP contribution in [0.3, 0.4) is 0 Å². The zero-order valence-electron chi connectivity index (χ0n) is 10.3. The predicted molar refractivity (Wildman–Crippen MR) is 71.0 cm³/mol. The molecule has 1 fully saturated rings. The highest BCUT2D eigenvalue weighted by atomic mass is 16.1. The first kappa shape index (κ1) is 12.1. The lowest BCUT2D eigenvalue weighted by atomic mass is 9.74. The van der Waals surface area contributed by atoms with Gasteiger partial charge in [0, 0.05) is 6.42 Å². The second kappa shape index (κ2) is 5.31. The summed E-state index contributed by atoms with van der Waals surface area (Å²) in [6, 6.07) is 10.3. The Morgan fingerprint density at radius 2 is 1.88 bits per heavy atom. The third-order valence-corrected chi connectivity index (χ3v) is 3.89. The molecule has 0 bridgehead atoms. The molecule has 1 heteroatoms. The van der Waals surface area contributed by atoms with Crippen molar-refractivity contribution in [2.45, 2.75) is 43.9 Å². The molecule has 90 valence electrons. The minimum Gasteiger partial charge on any atom is -0.299 e. The molecular formula is C16H20O. The molecule has 0 spiro atoms. The van der Waals surface area contributed by atoms with Crippen molar-refractivity contribution >= 4 is 5.78 Å². The molecule has 1 saturated carbocycles. The standard InChI is InChI=1S/C16H20O/c1-2-3-11-15(17)16(12-7-8-13-16)14-9-5-4-6-10-14/h2,4-6,9-10H,1,3,7-8,11-13H2. The van der Waals surface area contributed by atoms with E-state index in [1.165, 1.54) is 18.4 Å². The number of benzene rings is 1. The molecule has 0 saturated heterocycles. The van der Waals surface area contributed by atoms with Crippen LogP contribution in [0.4, 0.5) is 0 Å². The van der Waals surface area contributed by atoms with Crippen molar-refractivity contribution in [3.05, 3.63) is 48.6 Å². The summed E-state index contributed by atoms with van der Waals surface area (Å²) in [5.74, 6) is 0.404.